The van der Waals surface area contributed by atoms with Gasteiger partial charge in [0.25, 0.3) is 0 Å². The lowest BCUT2D eigenvalue weighted by molar-refractivity contribution is 0.233. The number of nitrogens with zero attached hydrogens (tertiary/aromatic N) is 2. The van der Waals surface area contributed by atoms with Gasteiger partial charge in [0.05, 0.1) is 16.4 Å². The molecule has 0 amide bonds. The van der Waals surface area contributed by atoms with Gasteiger partial charge in [0.1, 0.15) is 5.82 Å². The normalized spacial score (nSPS) is 24.4. The number of rotatable bonds is 3. The molecule has 1 saturated carbocycles. The van der Waals surface area contributed by atoms with Crippen molar-refractivity contribution in [2.45, 2.75) is 57.4 Å². The van der Waals surface area contributed by atoms with E-state index in [1.165, 1.54) is 32.1 Å². The van der Waals surface area contributed by atoms with E-state index in [-0.39, 0.29) is 5.38 Å². The van der Waals surface area contributed by atoms with Crippen LogP contribution < -0.4 is 0 Å². The maximum atomic E-state index is 6.41. The van der Waals surface area contributed by atoms with Crippen LogP contribution in [0.2, 0.25) is 5.02 Å². The molecule has 0 saturated heterocycles. The van der Waals surface area contributed by atoms with Crippen molar-refractivity contribution in [1.82, 2.24) is 9.55 Å². The fourth-order valence-corrected chi connectivity index (χ4v) is 4.04. The molecular weight excluding hydrogens is 303 g/mol. The smallest absolute Gasteiger partial charge is 0.127 e. The lowest BCUT2D eigenvalue weighted by Crippen LogP contribution is -2.24. The number of imidazole rings is 1. The summed E-state index contributed by atoms with van der Waals surface area (Å²) >= 11 is 12.6. The summed E-state index contributed by atoms with van der Waals surface area (Å²) in [5, 5.41) is 0.678. The van der Waals surface area contributed by atoms with Crippen LogP contribution in [-0.2, 0) is 0 Å². The summed E-state index contributed by atoms with van der Waals surface area (Å²) in [5.41, 5.74) is 2.14. The average Bonchev–Trinajstić information content (AvgIpc) is 2.85. The third kappa shape index (κ3) is 2.80. The van der Waals surface area contributed by atoms with Crippen molar-refractivity contribution in [1.29, 1.82) is 0 Å². The van der Waals surface area contributed by atoms with Crippen molar-refractivity contribution in [2.75, 3.05) is 0 Å². The zero-order valence-electron chi connectivity index (χ0n) is 12.6. The summed E-state index contributed by atoms with van der Waals surface area (Å²) in [4.78, 5) is 4.77. The molecule has 0 spiro atoms. The molecule has 0 N–H and O–H groups in total. The quantitative estimate of drug-likeness (QED) is 0.621. The summed E-state index contributed by atoms with van der Waals surface area (Å²) in [5.74, 6) is 1.70. The van der Waals surface area contributed by atoms with Crippen LogP contribution in [0.1, 0.15) is 63.2 Å². The molecule has 1 aromatic heterocycles. The molecule has 4 heteroatoms. The molecule has 3 rings (SSSR count). The molecule has 21 heavy (non-hydrogen) atoms. The first kappa shape index (κ1) is 15.2. The molecule has 0 bridgehead atoms. The molecular formula is C17H22Cl2N2. The van der Waals surface area contributed by atoms with Crippen molar-refractivity contribution in [3.05, 3.63) is 29.0 Å². The SMILES string of the molecule is CCC1CCCCC1n1c(C(C)Cl)nc2ccc(Cl)cc21. The van der Waals surface area contributed by atoms with Crippen molar-refractivity contribution in [3.8, 4) is 0 Å². The van der Waals surface area contributed by atoms with E-state index in [4.69, 9.17) is 28.2 Å². The Balaban J connectivity index is 2.18. The number of hydrogen-bond acceptors (Lipinski definition) is 1. The Bertz CT molecular complexity index is 633. The summed E-state index contributed by atoms with van der Waals surface area (Å²) in [6.45, 7) is 4.30. The largest absolute Gasteiger partial charge is 0.323 e. The Morgan fingerprint density at radius 3 is 2.81 bits per heavy atom. The predicted molar refractivity (Wildman–Crippen MR) is 90.3 cm³/mol. The van der Waals surface area contributed by atoms with Gasteiger partial charge in [-0.2, -0.15) is 0 Å². The monoisotopic (exact) mass is 324 g/mol. The molecule has 3 unspecified atom stereocenters. The molecule has 3 atom stereocenters. The highest BCUT2D eigenvalue weighted by Crippen LogP contribution is 2.40. The number of hydrogen-bond donors (Lipinski definition) is 0. The van der Waals surface area contributed by atoms with E-state index in [1.807, 2.05) is 25.1 Å². The standard InChI is InChI=1S/C17H22Cl2N2/c1-3-12-6-4-5-7-15(12)21-16-10-13(19)8-9-14(16)20-17(21)11(2)18/h8-12,15H,3-7H2,1-2H3. The highest BCUT2D eigenvalue weighted by atomic mass is 35.5. The molecule has 2 nitrogen and oxygen atoms in total. The van der Waals surface area contributed by atoms with E-state index in [2.05, 4.69) is 11.5 Å². The minimum absolute atomic E-state index is 0.0874. The molecule has 114 valence electrons. The second-order valence-corrected chi connectivity index (χ2v) is 7.20. The first-order chi connectivity index (χ1) is 10.1. The molecule has 1 fully saturated rings. The van der Waals surface area contributed by atoms with Crippen LogP contribution in [0.3, 0.4) is 0 Å². The van der Waals surface area contributed by atoms with Gasteiger partial charge in [0.2, 0.25) is 0 Å². The van der Waals surface area contributed by atoms with Gasteiger partial charge in [-0.25, -0.2) is 4.98 Å². The van der Waals surface area contributed by atoms with E-state index in [0.29, 0.717) is 12.0 Å². The van der Waals surface area contributed by atoms with Gasteiger partial charge in [-0.1, -0.05) is 37.8 Å². The minimum Gasteiger partial charge on any atom is -0.323 e. The molecule has 1 aliphatic carbocycles. The third-order valence-corrected chi connectivity index (χ3v) is 5.19. The van der Waals surface area contributed by atoms with E-state index in [9.17, 15) is 0 Å². The van der Waals surface area contributed by atoms with Crippen molar-refractivity contribution < 1.29 is 0 Å². The number of alkyl halides is 1. The number of fused-ring (bicyclic) bond motifs is 1. The van der Waals surface area contributed by atoms with Gasteiger partial charge in [-0.05, 0) is 43.9 Å². The summed E-state index contributed by atoms with van der Waals surface area (Å²) in [6.07, 6.45) is 6.36. The topological polar surface area (TPSA) is 17.8 Å². The van der Waals surface area contributed by atoms with Crippen LogP contribution in [-0.4, -0.2) is 9.55 Å². The number of halogens is 2. The fraction of sp³-hybridized carbons (Fsp3) is 0.588. The van der Waals surface area contributed by atoms with Crippen LogP contribution in [0.15, 0.2) is 18.2 Å². The molecule has 1 aromatic carbocycles. The Hall–Kier alpha value is -0.730. The summed E-state index contributed by atoms with van der Waals surface area (Å²) in [6, 6.07) is 6.44. The van der Waals surface area contributed by atoms with Crippen molar-refractivity contribution in [2.24, 2.45) is 5.92 Å². The van der Waals surface area contributed by atoms with Crippen LogP contribution in [0.25, 0.3) is 11.0 Å². The number of benzene rings is 1. The second kappa shape index (κ2) is 6.18. The van der Waals surface area contributed by atoms with Gasteiger partial charge in [0, 0.05) is 11.1 Å². The molecule has 1 heterocycles. The first-order valence-electron chi connectivity index (χ1n) is 7.93. The van der Waals surface area contributed by atoms with Crippen molar-refractivity contribution >= 4 is 34.2 Å². The van der Waals surface area contributed by atoms with E-state index in [1.54, 1.807) is 0 Å². The zero-order chi connectivity index (χ0) is 15.0. The Morgan fingerprint density at radius 2 is 2.10 bits per heavy atom. The maximum absolute atomic E-state index is 6.41. The van der Waals surface area contributed by atoms with Gasteiger partial charge in [-0.3, -0.25) is 0 Å². The van der Waals surface area contributed by atoms with Crippen LogP contribution in [0.4, 0.5) is 0 Å². The zero-order valence-corrected chi connectivity index (χ0v) is 14.2. The minimum atomic E-state index is -0.0874. The first-order valence-corrected chi connectivity index (χ1v) is 8.74. The van der Waals surface area contributed by atoms with Crippen LogP contribution >= 0.6 is 23.2 Å². The summed E-state index contributed by atoms with van der Waals surface area (Å²) < 4.78 is 2.38. The predicted octanol–water partition coefficient (Wildman–Crippen LogP) is 6.13. The van der Waals surface area contributed by atoms with E-state index < -0.39 is 0 Å². The Morgan fingerprint density at radius 1 is 1.33 bits per heavy atom. The average molecular weight is 325 g/mol. The molecule has 2 aromatic rings. The van der Waals surface area contributed by atoms with Gasteiger partial charge in [-0.15, -0.1) is 11.6 Å². The van der Waals surface area contributed by atoms with E-state index in [0.717, 1.165) is 21.9 Å². The van der Waals surface area contributed by atoms with Crippen molar-refractivity contribution in [3.63, 3.8) is 0 Å². The van der Waals surface area contributed by atoms with Gasteiger partial charge < -0.3 is 4.57 Å². The lowest BCUT2D eigenvalue weighted by atomic mass is 9.82. The Labute approximate surface area is 136 Å². The summed E-state index contributed by atoms with van der Waals surface area (Å²) in [7, 11) is 0. The molecule has 0 aliphatic heterocycles. The molecule has 1 aliphatic rings. The van der Waals surface area contributed by atoms with Gasteiger partial charge in [0.15, 0.2) is 0 Å². The molecule has 0 radical (unpaired) electrons. The van der Waals surface area contributed by atoms with E-state index >= 15 is 0 Å². The maximum Gasteiger partial charge on any atom is 0.127 e. The number of aromatic nitrogens is 2. The Kier molecular flexibility index (Phi) is 4.46. The van der Waals surface area contributed by atoms with Crippen LogP contribution in [0, 0.1) is 5.92 Å². The highest BCUT2D eigenvalue weighted by Gasteiger charge is 2.29. The van der Waals surface area contributed by atoms with Gasteiger partial charge >= 0.3 is 0 Å². The van der Waals surface area contributed by atoms with Crippen LogP contribution in [0.5, 0.6) is 0 Å². The fourth-order valence-electron chi connectivity index (χ4n) is 3.72. The highest BCUT2D eigenvalue weighted by molar-refractivity contribution is 6.31. The second-order valence-electron chi connectivity index (χ2n) is 6.11. The third-order valence-electron chi connectivity index (χ3n) is 4.76. The lowest BCUT2D eigenvalue weighted by Gasteiger charge is -2.33.